The molecule has 0 spiro atoms. The number of nitrogens with two attached hydrogens (primary N) is 1. The summed E-state index contributed by atoms with van der Waals surface area (Å²) in [6.07, 6.45) is 3.48. The molecule has 0 aliphatic heterocycles. The van der Waals surface area contributed by atoms with E-state index in [1.54, 1.807) is 7.11 Å². The summed E-state index contributed by atoms with van der Waals surface area (Å²) in [5.41, 5.74) is 4.60. The third-order valence-electron chi connectivity index (χ3n) is 3.74. The molecule has 0 bridgehead atoms. The van der Waals surface area contributed by atoms with Gasteiger partial charge in [-0.05, 0) is 58.3 Å². The van der Waals surface area contributed by atoms with Gasteiger partial charge in [-0.3, -0.25) is 11.3 Å². The summed E-state index contributed by atoms with van der Waals surface area (Å²) in [6, 6.07) is 6.54. The lowest BCUT2D eigenvalue weighted by atomic mass is 9.93. The van der Waals surface area contributed by atoms with Crippen LogP contribution in [0.3, 0.4) is 0 Å². The van der Waals surface area contributed by atoms with Gasteiger partial charge in [0.2, 0.25) is 0 Å². The molecular weight excluding hydrogens is 280 g/mol. The Hall–Kier alpha value is -0.580. The molecule has 2 rings (SSSR count). The zero-order valence-corrected chi connectivity index (χ0v) is 11.9. The number of ether oxygens (including phenoxy) is 1. The normalized spacial score (nSPS) is 18.8. The van der Waals surface area contributed by atoms with Crippen molar-refractivity contribution in [3.63, 3.8) is 0 Å². The quantitative estimate of drug-likeness (QED) is 0.649. The molecule has 4 heteroatoms. The molecule has 1 aliphatic rings. The Morgan fingerprint density at radius 2 is 2.24 bits per heavy atom. The second-order valence-electron chi connectivity index (χ2n) is 5.05. The van der Waals surface area contributed by atoms with Crippen LogP contribution in [-0.2, 0) is 6.42 Å². The summed E-state index contributed by atoms with van der Waals surface area (Å²) >= 11 is 3.51. The summed E-state index contributed by atoms with van der Waals surface area (Å²) < 4.78 is 6.22. The summed E-state index contributed by atoms with van der Waals surface area (Å²) in [4.78, 5) is 0. The molecule has 3 N–H and O–H groups in total. The molecule has 1 aromatic rings. The second-order valence-corrected chi connectivity index (χ2v) is 5.90. The van der Waals surface area contributed by atoms with Gasteiger partial charge in [-0.25, -0.2) is 0 Å². The molecule has 94 valence electrons. The average molecular weight is 299 g/mol. The van der Waals surface area contributed by atoms with Crippen molar-refractivity contribution in [2.45, 2.75) is 32.2 Å². The maximum Gasteiger partial charge on any atom is 0.133 e. The predicted molar refractivity (Wildman–Crippen MR) is 72.9 cm³/mol. The van der Waals surface area contributed by atoms with Crippen molar-refractivity contribution in [2.24, 2.45) is 11.3 Å². The van der Waals surface area contributed by atoms with Gasteiger partial charge in [0, 0.05) is 6.04 Å². The molecule has 0 heterocycles. The van der Waals surface area contributed by atoms with Crippen molar-refractivity contribution in [3.05, 3.63) is 28.2 Å². The molecule has 1 aromatic carbocycles. The molecule has 1 atom stereocenters. The van der Waals surface area contributed by atoms with E-state index in [0.29, 0.717) is 11.5 Å². The summed E-state index contributed by atoms with van der Waals surface area (Å²) in [7, 11) is 1.68. The Labute approximate surface area is 111 Å². The molecule has 0 radical (unpaired) electrons. The Balaban J connectivity index is 2.10. The van der Waals surface area contributed by atoms with Crippen molar-refractivity contribution in [2.75, 3.05) is 7.11 Å². The van der Waals surface area contributed by atoms with Gasteiger partial charge in [0.15, 0.2) is 0 Å². The van der Waals surface area contributed by atoms with Gasteiger partial charge < -0.3 is 4.74 Å². The molecule has 0 aromatic heterocycles. The number of halogens is 1. The zero-order chi connectivity index (χ0) is 12.5. The first-order chi connectivity index (χ1) is 8.09. The lowest BCUT2D eigenvalue weighted by Crippen LogP contribution is -2.42. The van der Waals surface area contributed by atoms with Gasteiger partial charge in [0.1, 0.15) is 5.75 Å². The highest BCUT2D eigenvalue weighted by atomic mass is 79.9. The smallest absolute Gasteiger partial charge is 0.133 e. The van der Waals surface area contributed by atoms with Crippen LogP contribution in [0.1, 0.15) is 25.3 Å². The van der Waals surface area contributed by atoms with Crippen LogP contribution in [0, 0.1) is 5.41 Å². The van der Waals surface area contributed by atoms with Gasteiger partial charge >= 0.3 is 0 Å². The SMILES string of the molecule is COc1ccc(CC(NN)C2(C)CC2)cc1Br. The Morgan fingerprint density at radius 3 is 2.71 bits per heavy atom. The molecule has 1 saturated carbocycles. The molecule has 0 amide bonds. The van der Waals surface area contributed by atoms with E-state index in [4.69, 9.17) is 10.6 Å². The van der Waals surface area contributed by atoms with E-state index in [0.717, 1.165) is 16.6 Å². The fourth-order valence-corrected chi connectivity index (χ4v) is 2.71. The van der Waals surface area contributed by atoms with Gasteiger partial charge in [-0.2, -0.15) is 0 Å². The van der Waals surface area contributed by atoms with E-state index in [1.165, 1.54) is 18.4 Å². The number of nitrogens with one attached hydrogen (secondary N) is 1. The van der Waals surface area contributed by atoms with Gasteiger partial charge in [0.25, 0.3) is 0 Å². The summed E-state index contributed by atoms with van der Waals surface area (Å²) in [5, 5.41) is 0. The Morgan fingerprint density at radius 1 is 1.53 bits per heavy atom. The van der Waals surface area contributed by atoms with E-state index >= 15 is 0 Å². The fourth-order valence-electron chi connectivity index (χ4n) is 2.12. The number of hydrogen-bond donors (Lipinski definition) is 2. The van der Waals surface area contributed by atoms with Crippen LogP contribution < -0.4 is 16.0 Å². The predicted octanol–water partition coefficient (Wildman–Crippen LogP) is 2.63. The summed E-state index contributed by atoms with van der Waals surface area (Å²) in [5.74, 6) is 6.52. The monoisotopic (exact) mass is 298 g/mol. The third-order valence-corrected chi connectivity index (χ3v) is 4.36. The maximum absolute atomic E-state index is 5.65. The lowest BCUT2D eigenvalue weighted by Gasteiger charge is -2.22. The zero-order valence-electron chi connectivity index (χ0n) is 10.3. The topological polar surface area (TPSA) is 47.3 Å². The van der Waals surface area contributed by atoms with Crippen molar-refractivity contribution in [3.8, 4) is 5.75 Å². The van der Waals surface area contributed by atoms with E-state index < -0.39 is 0 Å². The standard InChI is InChI=1S/C13H19BrN2O/c1-13(5-6-13)12(16-15)8-9-3-4-11(17-2)10(14)7-9/h3-4,7,12,16H,5-6,8,15H2,1-2H3. The maximum atomic E-state index is 5.65. The van der Waals surface area contributed by atoms with Crippen LogP contribution in [0.5, 0.6) is 5.75 Å². The number of hydrazine groups is 1. The number of rotatable bonds is 5. The highest BCUT2D eigenvalue weighted by Crippen LogP contribution is 2.48. The van der Waals surface area contributed by atoms with E-state index in [9.17, 15) is 0 Å². The van der Waals surface area contributed by atoms with Crippen LogP contribution in [0.4, 0.5) is 0 Å². The van der Waals surface area contributed by atoms with Crippen LogP contribution in [0.25, 0.3) is 0 Å². The van der Waals surface area contributed by atoms with Gasteiger partial charge in [-0.1, -0.05) is 13.0 Å². The lowest BCUT2D eigenvalue weighted by molar-refractivity contribution is 0.359. The third kappa shape index (κ3) is 2.81. The van der Waals surface area contributed by atoms with Crippen LogP contribution >= 0.6 is 15.9 Å². The minimum absolute atomic E-state index is 0.350. The highest BCUT2D eigenvalue weighted by Gasteiger charge is 2.44. The van der Waals surface area contributed by atoms with Crippen LogP contribution in [0.2, 0.25) is 0 Å². The molecular formula is C13H19BrN2O. The van der Waals surface area contributed by atoms with Crippen molar-refractivity contribution in [1.82, 2.24) is 5.43 Å². The average Bonchev–Trinajstić information content (AvgIpc) is 3.05. The van der Waals surface area contributed by atoms with E-state index in [1.807, 2.05) is 6.07 Å². The van der Waals surface area contributed by atoms with Crippen molar-refractivity contribution < 1.29 is 4.74 Å². The second kappa shape index (κ2) is 4.96. The minimum Gasteiger partial charge on any atom is -0.496 e. The molecule has 0 saturated heterocycles. The number of methoxy groups -OCH3 is 1. The molecule has 1 aliphatic carbocycles. The summed E-state index contributed by atoms with van der Waals surface area (Å²) in [6.45, 7) is 2.29. The van der Waals surface area contributed by atoms with Crippen molar-refractivity contribution in [1.29, 1.82) is 0 Å². The Kier molecular flexibility index (Phi) is 3.76. The minimum atomic E-state index is 0.350. The Bertz CT molecular complexity index is 404. The molecule has 3 nitrogen and oxygen atoms in total. The molecule has 1 fully saturated rings. The van der Waals surface area contributed by atoms with Crippen LogP contribution in [-0.4, -0.2) is 13.2 Å². The van der Waals surface area contributed by atoms with Crippen LogP contribution in [0.15, 0.2) is 22.7 Å². The molecule has 1 unspecified atom stereocenters. The highest BCUT2D eigenvalue weighted by molar-refractivity contribution is 9.10. The van der Waals surface area contributed by atoms with Gasteiger partial charge in [0.05, 0.1) is 11.6 Å². The number of benzene rings is 1. The first-order valence-electron chi connectivity index (χ1n) is 5.87. The molecule has 17 heavy (non-hydrogen) atoms. The fraction of sp³-hybridized carbons (Fsp3) is 0.538. The van der Waals surface area contributed by atoms with Crippen molar-refractivity contribution >= 4 is 15.9 Å². The van der Waals surface area contributed by atoms with Gasteiger partial charge in [-0.15, -0.1) is 0 Å². The number of hydrogen-bond acceptors (Lipinski definition) is 3. The van der Waals surface area contributed by atoms with E-state index in [2.05, 4.69) is 40.4 Å². The van der Waals surface area contributed by atoms with E-state index in [-0.39, 0.29) is 0 Å². The first-order valence-corrected chi connectivity index (χ1v) is 6.67. The first kappa shape index (κ1) is 12.9. The largest absolute Gasteiger partial charge is 0.496 e.